The zero-order chi connectivity index (χ0) is 30.9. The molecule has 1 saturated heterocycles. The minimum absolute atomic E-state index is 0.00651. The van der Waals surface area contributed by atoms with Gasteiger partial charge >= 0.3 is 12.3 Å². The van der Waals surface area contributed by atoms with Gasteiger partial charge in [-0.25, -0.2) is 14.8 Å². The SMILES string of the molecule is CC[C@]1(N)C[C@H](c2ncc(N3CCOCC3)c(Cc3cc(OC)cc(OC)c3)n2)c2cc(C(F)(F)F)ccc2N1C(=O)O. The predicted molar refractivity (Wildman–Crippen MR) is 153 cm³/mol. The first-order chi connectivity index (χ1) is 20.5. The molecule has 1 amide bonds. The molecule has 0 bridgehead atoms. The summed E-state index contributed by atoms with van der Waals surface area (Å²) in [6.45, 7) is 4.04. The number of nitrogens with zero attached hydrogens (tertiary/aromatic N) is 4. The number of morpholine rings is 1. The Kier molecular flexibility index (Phi) is 8.39. The molecule has 0 aliphatic carbocycles. The number of nitrogens with two attached hydrogens (primary N) is 1. The van der Waals surface area contributed by atoms with E-state index < -0.39 is 29.4 Å². The Morgan fingerprint density at radius 2 is 1.79 bits per heavy atom. The first kappa shape index (κ1) is 30.4. The van der Waals surface area contributed by atoms with Crippen molar-refractivity contribution in [3.05, 3.63) is 70.8 Å². The summed E-state index contributed by atoms with van der Waals surface area (Å²) in [6, 6.07) is 8.52. The standard InChI is InChI=1S/C30H34F3N5O5/c1-4-29(34)16-23(22-14-19(30(31,32)33)5-6-25(22)38(29)28(39)40)27-35-17-26(37-7-9-43-10-8-37)24(36-27)13-18-11-20(41-2)15-21(12-18)42-3/h5-6,11-12,14-15,17,23H,4,7-10,13,16,34H2,1-3H3,(H,39,40)/t23-,29+/m0/s1. The summed E-state index contributed by atoms with van der Waals surface area (Å²) >= 11 is 0. The highest BCUT2D eigenvalue weighted by atomic mass is 19.4. The molecule has 0 saturated carbocycles. The molecule has 2 aliphatic heterocycles. The van der Waals surface area contributed by atoms with Crippen molar-refractivity contribution in [3.63, 3.8) is 0 Å². The molecule has 0 unspecified atom stereocenters. The number of methoxy groups -OCH3 is 2. The normalized spacial score (nSPS) is 20.5. The third kappa shape index (κ3) is 6.04. The molecule has 10 nitrogen and oxygen atoms in total. The zero-order valence-electron chi connectivity index (χ0n) is 24.1. The highest BCUT2D eigenvalue weighted by Crippen LogP contribution is 2.47. The lowest BCUT2D eigenvalue weighted by Crippen LogP contribution is -2.61. The molecule has 2 aliphatic rings. The van der Waals surface area contributed by atoms with Crippen molar-refractivity contribution < 1.29 is 37.3 Å². The van der Waals surface area contributed by atoms with Gasteiger partial charge in [-0.15, -0.1) is 0 Å². The van der Waals surface area contributed by atoms with Crippen LogP contribution in [0.5, 0.6) is 11.5 Å². The van der Waals surface area contributed by atoms with E-state index in [4.69, 9.17) is 24.9 Å². The van der Waals surface area contributed by atoms with Crippen molar-refractivity contribution in [1.82, 2.24) is 9.97 Å². The van der Waals surface area contributed by atoms with Gasteiger partial charge in [0, 0.05) is 31.5 Å². The highest BCUT2D eigenvalue weighted by Gasteiger charge is 2.46. The van der Waals surface area contributed by atoms with Gasteiger partial charge in [0.1, 0.15) is 23.0 Å². The van der Waals surface area contributed by atoms with Gasteiger partial charge in [0.15, 0.2) is 0 Å². The fourth-order valence-corrected chi connectivity index (χ4v) is 5.79. The number of halogens is 3. The molecule has 0 spiro atoms. The Bertz CT molecular complexity index is 1480. The van der Waals surface area contributed by atoms with Crippen molar-refractivity contribution in [2.75, 3.05) is 50.3 Å². The fraction of sp³-hybridized carbons (Fsp3) is 0.433. The van der Waals surface area contributed by atoms with Gasteiger partial charge in [0.05, 0.1) is 56.3 Å². The summed E-state index contributed by atoms with van der Waals surface area (Å²) in [5.41, 5.74) is 6.88. The van der Waals surface area contributed by atoms with Crippen molar-refractivity contribution in [1.29, 1.82) is 0 Å². The molecule has 5 rings (SSSR count). The summed E-state index contributed by atoms with van der Waals surface area (Å²) in [6.07, 6.45) is -3.73. The second kappa shape index (κ2) is 11.9. The molecule has 3 N–H and O–H groups in total. The summed E-state index contributed by atoms with van der Waals surface area (Å²) in [5, 5.41) is 10.1. The monoisotopic (exact) mass is 601 g/mol. The van der Waals surface area contributed by atoms with Crippen LogP contribution in [0.4, 0.5) is 29.3 Å². The third-order valence-electron chi connectivity index (χ3n) is 8.09. The van der Waals surface area contributed by atoms with Gasteiger partial charge in [-0.05, 0) is 54.3 Å². The van der Waals surface area contributed by atoms with Crippen LogP contribution in [0, 0.1) is 0 Å². The number of hydrogen-bond donors (Lipinski definition) is 2. The quantitative estimate of drug-likeness (QED) is 0.384. The van der Waals surface area contributed by atoms with E-state index in [0.717, 1.165) is 28.3 Å². The average Bonchev–Trinajstić information content (AvgIpc) is 2.99. The van der Waals surface area contributed by atoms with Gasteiger partial charge < -0.3 is 30.0 Å². The van der Waals surface area contributed by atoms with Crippen LogP contribution in [0.15, 0.2) is 42.6 Å². The topological polar surface area (TPSA) is 123 Å². The zero-order valence-corrected chi connectivity index (χ0v) is 24.1. The summed E-state index contributed by atoms with van der Waals surface area (Å²) < 4.78 is 57.9. The fourth-order valence-electron chi connectivity index (χ4n) is 5.79. The van der Waals surface area contributed by atoms with Gasteiger partial charge in [-0.1, -0.05) is 6.92 Å². The third-order valence-corrected chi connectivity index (χ3v) is 8.09. The summed E-state index contributed by atoms with van der Waals surface area (Å²) in [7, 11) is 3.12. The van der Waals surface area contributed by atoms with E-state index in [2.05, 4.69) is 9.88 Å². The van der Waals surface area contributed by atoms with E-state index in [1.807, 2.05) is 12.1 Å². The van der Waals surface area contributed by atoms with Crippen LogP contribution in [0.1, 0.15) is 53.9 Å². The van der Waals surface area contributed by atoms with Crippen LogP contribution in [-0.2, 0) is 17.3 Å². The smallest absolute Gasteiger partial charge is 0.416 e. The van der Waals surface area contributed by atoms with Crippen LogP contribution in [0.25, 0.3) is 0 Å². The van der Waals surface area contributed by atoms with Crippen LogP contribution < -0.4 is 25.0 Å². The Morgan fingerprint density at radius 1 is 1.12 bits per heavy atom. The molecule has 43 heavy (non-hydrogen) atoms. The summed E-state index contributed by atoms with van der Waals surface area (Å²) in [5.74, 6) is 0.662. The Balaban J connectivity index is 1.66. The van der Waals surface area contributed by atoms with Crippen molar-refractivity contribution in [3.8, 4) is 11.5 Å². The lowest BCUT2D eigenvalue weighted by atomic mass is 9.80. The summed E-state index contributed by atoms with van der Waals surface area (Å²) in [4.78, 5) is 25.1. The maximum Gasteiger partial charge on any atom is 0.416 e. The van der Waals surface area contributed by atoms with E-state index >= 15 is 0 Å². The van der Waals surface area contributed by atoms with Gasteiger partial charge in [-0.3, -0.25) is 4.90 Å². The van der Waals surface area contributed by atoms with Crippen molar-refractivity contribution in [2.45, 2.75) is 43.9 Å². The number of carbonyl (C=O) groups is 1. The molecular weight excluding hydrogens is 567 g/mol. The molecule has 1 fully saturated rings. The van der Waals surface area contributed by atoms with Crippen molar-refractivity contribution >= 4 is 17.5 Å². The molecule has 2 aromatic carbocycles. The first-order valence-electron chi connectivity index (χ1n) is 13.9. The van der Waals surface area contributed by atoms with Crippen LogP contribution in [0.3, 0.4) is 0 Å². The average molecular weight is 602 g/mol. The number of alkyl halides is 3. The Hall–Kier alpha value is -4.10. The van der Waals surface area contributed by atoms with E-state index in [1.165, 1.54) is 6.07 Å². The van der Waals surface area contributed by atoms with E-state index in [9.17, 15) is 23.1 Å². The molecule has 0 radical (unpaired) electrons. The minimum atomic E-state index is -4.63. The number of fused-ring (bicyclic) bond motifs is 1. The first-order valence-corrected chi connectivity index (χ1v) is 13.9. The van der Waals surface area contributed by atoms with Gasteiger partial charge in [-0.2, -0.15) is 13.2 Å². The second-order valence-electron chi connectivity index (χ2n) is 10.7. The number of amides is 1. The molecular formula is C30H34F3N5O5. The van der Waals surface area contributed by atoms with E-state index in [-0.39, 0.29) is 29.9 Å². The van der Waals surface area contributed by atoms with Crippen molar-refractivity contribution in [2.24, 2.45) is 5.73 Å². The number of rotatable bonds is 7. The number of carboxylic acid groups (broad SMARTS) is 1. The maximum atomic E-state index is 13.8. The second-order valence-corrected chi connectivity index (χ2v) is 10.7. The van der Waals surface area contributed by atoms with Crippen LogP contribution >= 0.6 is 0 Å². The number of hydrogen-bond acceptors (Lipinski definition) is 8. The lowest BCUT2D eigenvalue weighted by molar-refractivity contribution is -0.137. The lowest BCUT2D eigenvalue weighted by Gasteiger charge is -2.46. The molecule has 3 heterocycles. The number of anilines is 2. The molecule has 13 heteroatoms. The molecule has 2 atom stereocenters. The number of aromatic nitrogens is 2. The molecule has 1 aromatic heterocycles. The highest BCUT2D eigenvalue weighted by molar-refractivity contribution is 5.90. The number of ether oxygens (including phenoxy) is 3. The molecule has 3 aromatic rings. The van der Waals surface area contributed by atoms with Gasteiger partial charge in [0.25, 0.3) is 0 Å². The number of benzene rings is 2. The van der Waals surface area contributed by atoms with E-state index in [0.29, 0.717) is 49.9 Å². The van der Waals surface area contributed by atoms with E-state index in [1.54, 1.807) is 33.4 Å². The molecule has 230 valence electrons. The minimum Gasteiger partial charge on any atom is -0.497 e. The van der Waals surface area contributed by atoms with Crippen LogP contribution in [-0.4, -0.2) is 67.4 Å². The largest absolute Gasteiger partial charge is 0.497 e. The van der Waals surface area contributed by atoms with Crippen LogP contribution in [0.2, 0.25) is 0 Å². The maximum absolute atomic E-state index is 13.8. The van der Waals surface area contributed by atoms with Gasteiger partial charge in [0.2, 0.25) is 0 Å². The predicted octanol–water partition coefficient (Wildman–Crippen LogP) is 5.03. The Labute approximate surface area is 247 Å². The Morgan fingerprint density at radius 3 is 2.37 bits per heavy atom.